The number of aromatic nitrogens is 2. The number of methoxy groups -OCH3 is 1. The Morgan fingerprint density at radius 3 is 2.82 bits per heavy atom. The fraction of sp³-hybridized carbons (Fsp3) is 0.375. The van der Waals surface area contributed by atoms with Gasteiger partial charge in [-0.3, -0.25) is 4.99 Å². The van der Waals surface area contributed by atoms with Gasteiger partial charge in [0, 0.05) is 39.1 Å². The van der Waals surface area contributed by atoms with Crippen molar-refractivity contribution in [3.05, 3.63) is 47.9 Å². The number of rotatable bonds is 5. The van der Waals surface area contributed by atoms with Crippen molar-refractivity contribution < 1.29 is 4.74 Å². The lowest BCUT2D eigenvalue weighted by molar-refractivity contribution is 0.395. The van der Waals surface area contributed by atoms with E-state index >= 15 is 0 Å². The van der Waals surface area contributed by atoms with Crippen LogP contribution in [0.4, 0.5) is 0 Å². The molecule has 0 saturated heterocycles. The standard InChI is InChI=1S/C16H23N5O/c1-17-16(21(3)12-14-8-6-10-20(14)2)18-11-13-7-5-9-15(19-13)22-4/h5-10H,11-12H2,1-4H3,(H,17,18). The molecule has 0 atom stereocenters. The number of nitrogens with one attached hydrogen (secondary N) is 1. The first-order chi connectivity index (χ1) is 10.6. The van der Waals surface area contributed by atoms with Gasteiger partial charge in [-0.2, -0.15) is 0 Å². The molecule has 2 heterocycles. The zero-order valence-corrected chi connectivity index (χ0v) is 13.6. The fourth-order valence-corrected chi connectivity index (χ4v) is 2.20. The van der Waals surface area contributed by atoms with Crippen LogP contribution in [-0.4, -0.2) is 41.6 Å². The number of guanidine groups is 1. The van der Waals surface area contributed by atoms with Gasteiger partial charge in [0.15, 0.2) is 5.96 Å². The first-order valence-electron chi connectivity index (χ1n) is 7.16. The van der Waals surface area contributed by atoms with Gasteiger partial charge in [0.1, 0.15) is 0 Å². The van der Waals surface area contributed by atoms with Crippen LogP contribution in [0.3, 0.4) is 0 Å². The summed E-state index contributed by atoms with van der Waals surface area (Å²) in [6.45, 7) is 1.38. The summed E-state index contributed by atoms with van der Waals surface area (Å²) < 4.78 is 7.24. The largest absolute Gasteiger partial charge is 0.481 e. The molecule has 0 fully saturated rings. The Bertz CT molecular complexity index is 635. The zero-order chi connectivity index (χ0) is 15.9. The molecule has 0 saturated carbocycles. The maximum atomic E-state index is 5.14. The second-order valence-corrected chi connectivity index (χ2v) is 5.04. The van der Waals surface area contributed by atoms with Gasteiger partial charge in [0.25, 0.3) is 0 Å². The van der Waals surface area contributed by atoms with Crippen molar-refractivity contribution in [2.45, 2.75) is 13.1 Å². The molecule has 0 aromatic carbocycles. The molecule has 0 bridgehead atoms. The summed E-state index contributed by atoms with van der Waals surface area (Å²) in [6.07, 6.45) is 2.04. The van der Waals surface area contributed by atoms with Crippen LogP contribution >= 0.6 is 0 Å². The highest BCUT2D eigenvalue weighted by atomic mass is 16.5. The predicted octanol–water partition coefficient (Wildman–Crippen LogP) is 1.64. The Kier molecular flexibility index (Phi) is 5.41. The topological polar surface area (TPSA) is 54.7 Å². The number of hydrogen-bond acceptors (Lipinski definition) is 3. The SMILES string of the molecule is CN=C(NCc1cccc(OC)n1)N(C)Cc1cccn1C. The lowest BCUT2D eigenvalue weighted by Crippen LogP contribution is -2.38. The molecule has 0 aliphatic carbocycles. The van der Waals surface area contributed by atoms with E-state index in [1.807, 2.05) is 44.6 Å². The summed E-state index contributed by atoms with van der Waals surface area (Å²) in [7, 11) is 7.45. The van der Waals surface area contributed by atoms with Gasteiger partial charge < -0.3 is 19.5 Å². The smallest absolute Gasteiger partial charge is 0.213 e. The zero-order valence-electron chi connectivity index (χ0n) is 13.6. The molecule has 0 aliphatic rings. The Labute approximate surface area is 131 Å². The van der Waals surface area contributed by atoms with Crippen molar-refractivity contribution in [3.8, 4) is 5.88 Å². The molecule has 2 rings (SSSR count). The van der Waals surface area contributed by atoms with Gasteiger partial charge in [0.05, 0.1) is 25.9 Å². The number of aryl methyl sites for hydroxylation is 1. The number of hydrogen-bond donors (Lipinski definition) is 1. The number of nitrogens with zero attached hydrogens (tertiary/aromatic N) is 4. The summed E-state index contributed by atoms with van der Waals surface area (Å²) in [5.41, 5.74) is 2.14. The van der Waals surface area contributed by atoms with Crippen LogP contribution in [0.5, 0.6) is 5.88 Å². The molecule has 0 aliphatic heterocycles. The van der Waals surface area contributed by atoms with E-state index in [0.29, 0.717) is 12.4 Å². The van der Waals surface area contributed by atoms with Crippen LogP contribution in [0.25, 0.3) is 0 Å². The van der Waals surface area contributed by atoms with Crippen molar-refractivity contribution in [1.82, 2.24) is 19.8 Å². The number of pyridine rings is 1. The van der Waals surface area contributed by atoms with Gasteiger partial charge in [-0.25, -0.2) is 4.98 Å². The van der Waals surface area contributed by atoms with Gasteiger partial charge in [0.2, 0.25) is 5.88 Å². The van der Waals surface area contributed by atoms with E-state index in [1.54, 1.807) is 14.2 Å². The third kappa shape index (κ3) is 4.00. The molecule has 22 heavy (non-hydrogen) atoms. The Morgan fingerprint density at radius 2 is 2.18 bits per heavy atom. The maximum absolute atomic E-state index is 5.14. The number of aliphatic imine (C=N–C) groups is 1. The Morgan fingerprint density at radius 1 is 1.36 bits per heavy atom. The average Bonchev–Trinajstić information content (AvgIpc) is 2.93. The van der Waals surface area contributed by atoms with Crippen LogP contribution < -0.4 is 10.1 Å². The monoisotopic (exact) mass is 301 g/mol. The molecule has 6 heteroatoms. The minimum absolute atomic E-state index is 0.599. The highest BCUT2D eigenvalue weighted by Gasteiger charge is 2.08. The van der Waals surface area contributed by atoms with Crippen molar-refractivity contribution in [3.63, 3.8) is 0 Å². The Hall–Kier alpha value is -2.50. The quantitative estimate of drug-likeness (QED) is 0.674. The molecule has 0 spiro atoms. The van der Waals surface area contributed by atoms with E-state index in [2.05, 4.69) is 30.8 Å². The van der Waals surface area contributed by atoms with Crippen LogP contribution in [-0.2, 0) is 20.1 Å². The minimum atomic E-state index is 0.599. The first-order valence-corrected chi connectivity index (χ1v) is 7.16. The second kappa shape index (κ2) is 7.49. The normalized spacial score (nSPS) is 11.4. The predicted molar refractivity (Wildman–Crippen MR) is 87.9 cm³/mol. The minimum Gasteiger partial charge on any atom is -0.481 e. The van der Waals surface area contributed by atoms with Gasteiger partial charge in [-0.05, 0) is 18.2 Å². The van der Waals surface area contributed by atoms with Gasteiger partial charge in [-0.1, -0.05) is 6.07 Å². The number of ether oxygens (including phenoxy) is 1. The molecule has 2 aromatic rings. The molecule has 1 N–H and O–H groups in total. The van der Waals surface area contributed by atoms with E-state index in [-0.39, 0.29) is 0 Å². The van der Waals surface area contributed by atoms with Crippen molar-refractivity contribution >= 4 is 5.96 Å². The lowest BCUT2D eigenvalue weighted by Gasteiger charge is -2.22. The molecular weight excluding hydrogens is 278 g/mol. The van der Waals surface area contributed by atoms with Crippen LogP contribution in [0.15, 0.2) is 41.5 Å². The van der Waals surface area contributed by atoms with Crippen LogP contribution in [0.1, 0.15) is 11.4 Å². The molecule has 6 nitrogen and oxygen atoms in total. The lowest BCUT2D eigenvalue weighted by atomic mass is 10.3. The average molecular weight is 301 g/mol. The Balaban J connectivity index is 1.95. The van der Waals surface area contributed by atoms with Gasteiger partial charge >= 0.3 is 0 Å². The van der Waals surface area contributed by atoms with Gasteiger partial charge in [-0.15, -0.1) is 0 Å². The molecule has 2 aromatic heterocycles. The summed E-state index contributed by atoms with van der Waals surface area (Å²) in [5, 5.41) is 3.32. The van der Waals surface area contributed by atoms with Crippen molar-refractivity contribution in [2.24, 2.45) is 12.0 Å². The molecular formula is C16H23N5O. The van der Waals surface area contributed by atoms with E-state index in [0.717, 1.165) is 18.2 Å². The van der Waals surface area contributed by atoms with E-state index in [4.69, 9.17) is 4.74 Å². The fourth-order valence-electron chi connectivity index (χ4n) is 2.20. The van der Waals surface area contributed by atoms with Crippen molar-refractivity contribution in [1.29, 1.82) is 0 Å². The summed E-state index contributed by atoms with van der Waals surface area (Å²) in [5.74, 6) is 1.44. The molecule has 0 amide bonds. The molecule has 118 valence electrons. The highest BCUT2D eigenvalue weighted by Crippen LogP contribution is 2.07. The van der Waals surface area contributed by atoms with Crippen LogP contribution in [0.2, 0.25) is 0 Å². The van der Waals surface area contributed by atoms with Crippen LogP contribution in [0, 0.1) is 0 Å². The summed E-state index contributed by atoms with van der Waals surface area (Å²) in [4.78, 5) is 10.8. The summed E-state index contributed by atoms with van der Waals surface area (Å²) >= 11 is 0. The first kappa shape index (κ1) is 15.9. The van der Waals surface area contributed by atoms with E-state index in [9.17, 15) is 0 Å². The molecule has 0 unspecified atom stereocenters. The highest BCUT2D eigenvalue weighted by molar-refractivity contribution is 5.79. The molecule has 0 radical (unpaired) electrons. The summed E-state index contributed by atoms with van der Waals surface area (Å²) in [6, 6.07) is 9.87. The van der Waals surface area contributed by atoms with E-state index in [1.165, 1.54) is 5.69 Å². The van der Waals surface area contributed by atoms with Crippen molar-refractivity contribution in [2.75, 3.05) is 21.2 Å². The third-order valence-corrected chi connectivity index (χ3v) is 3.44. The third-order valence-electron chi connectivity index (χ3n) is 3.44. The maximum Gasteiger partial charge on any atom is 0.213 e. The van der Waals surface area contributed by atoms with E-state index < -0.39 is 0 Å². The second-order valence-electron chi connectivity index (χ2n) is 5.04.